The molecule has 7 heteroatoms. The molecule has 0 aliphatic rings. The van der Waals surface area contributed by atoms with E-state index in [1.54, 1.807) is 11.3 Å². The van der Waals surface area contributed by atoms with Crippen LogP contribution in [0.15, 0.2) is 15.9 Å². The van der Waals surface area contributed by atoms with E-state index in [-0.39, 0.29) is 12.5 Å². The number of halogens is 1. The van der Waals surface area contributed by atoms with Gasteiger partial charge in [-0.2, -0.15) is 0 Å². The number of ether oxygens (including phenoxy) is 1. The van der Waals surface area contributed by atoms with Gasteiger partial charge in [0.05, 0.1) is 10.3 Å². The van der Waals surface area contributed by atoms with Crippen molar-refractivity contribution in [3.05, 3.63) is 20.8 Å². The molecule has 0 aromatic carbocycles. The van der Waals surface area contributed by atoms with Gasteiger partial charge < -0.3 is 15.2 Å². The fourth-order valence-corrected chi connectivity index (χ4v) is 3.00. The summed E-state index contributed by atoms with van der Waals surface area (Å²) >= 11 is 5.04. The summed E-state index contributed by atoms with van der Waals surface area (Å²) in [5.74, 6) is -1.23. The van der Waals surface area contributed by atoms with Crippen LogP contribution in [0.4, 0.5) is 0 Å². The zero-order chi connectivity index (χ0) is 14.3. The van der Waals surface area contributed by atoms with Crippen molar-refractivity contribution in [1.29, 1.82) is 0 Å². The Morgan fingerprint density at radius 1 is 1.53 bits per heavy atom. The average Bonchev–Trinajstić information content (AvgIpc) is 2.75. The molecular formula is C12H16BrNO4S. The van der Waals surface area contributed by atoms with Gasteiger partial charge in [0, 0.05) is 18.4 Å². The number of thiophene rings is 1. The molecule has 1 unspecified atom stereocenters. The van der Waals surface area contributed by atoms with Crippen LogP contribution in [0.2, 0.25) is 0 Å². The number of rotatable bonds is 8. The summed E-state index contributed by atoms with van der Waals surface area (Å²) < 4.78 is 5.80. The normalized spacial score (nSPS) is 12.1. The largest absolute Gasteiger partial charge is 0.479 e. The van der Waals surface area contributed by atoms with E-state index in [0.717, 1.165) is 16.6 Å². The minimum Gasteiger partial charge on any atom is -0.479 e. The number of amides is 1. The molecule has 0 fully saturated rings. The van der Waals surface area contributed by atoms with Crippen LogP contribution in [0.1, 0.15) is 17.7 Å². The lowest BCUT2D eigenvalue weighted by molar-refractivity contribution is -0.148. The van der Waals surface area contributed by atoms with Gasteiger partial charge in [-0.1, -0.05) is 0 Å². The molecule has 1 heterocycles. The van der Waals surface area contributed by atoms with Crippen LogP contribution < -0.4 is 5.32 Å². The summed E-state index contributed by atoms with van der Waals surface area (Å²) in [5.41, 5.74) is 0. The van der Waals surface area contributed by atoms with Crippen LogP contribution >= 0.6 is 27.3 Å². The van der Waals surface area contributed by atoms with Crippen molar-refractivity contribution >= 4 is 39.1 Å². The number of carbonyl (C=O) groups excluding carboxylic acids is 1. The van der Waals surface area contributed by atoms with Crippen LogP contribution in [0.5, 0.6) is 0 Å². The lowest BCUT2D eigenvalue weighted by atomic mass is 10.2. The number of carboxylic acid groups (broad SMARTS) is 1. The van der Waals surface area contributed by atoms with Gasteiger partial charge in [-0.15, -0.1) is 11.3 Å². The minimum absolute atomic E-state index is 0.00475. The van der Waals surface area contributed by atoms with E-state index in [4.69, 9.17) is 9.84 Å². The lowest BCUT2D eigenvalue weighted by Gasteiger charge is -2.11. The molecule has 0 aliphatic carbocycles. The van der Waals surface area contributed by atoms with Crippen molar-refractivity contribution in [1.82, 2.24) is 5.32 Å². The first-order valence-electron chi connectivity index (χ1n) is 5.79. The topological polar surface area (TPSA) is 75.6 Å². The van der Waals surface area contributed by atoms with E-state index in [2.05, 4.69) is 21.2 Å². The molecule has 1 rings (SSSR count). The first-order valence-corrected chi connectivity index (χ1v) is 7.40. The lowest BCUT2D eigenvalue weighted by Crippen LogP contribution is -2.37. The summed E-state index contributed by atoms with van der Waals surface area (Å²) in [5, 5.41) is 11.3. The van der Waals surface area contributed by atoms with Crippen molar-refractivity contribution < 1.29 is 19.4 Å². The number of hydrogen-bond acceptors (Lipinski definition) is 4. The second kappa shape index (κ2) is 8.29. The fourth-order valence-electron chi connectivity index (χ4n) is 1.48. The van der Waals surface area contributed by atoms with Gasteiger partial charge in [-0.05, 0) is 40.9 Å². The van der Waals surface area contributed by atoms with Gasteiger partial charge in [-0.3, -0.25) is 4.79 Å². The number of aryl methyl sites for hydroxylation is 1. The highest BCUT2D eigenvalue weighted by Gasteiger charge is 2.16. The van der Waals surface area contributed by atoms with Gasteiger partial charge in [-0.25, -0.2) is 4.79 Å². The van der Waals surface area contributed by atoms with Gasteiger partial charge in [0.1, 0.15) is 0 Å². The number of nitrogens with one attached hydrogen (secondary N) is 1. The molecule has 0 spiro atoms. The van der Waals surface area contributed by atoms with Crippen molar-refractivity contribution in [2.75, 3.05) is 13.7 Å². The van der Waals surface area contributed by atoms with Crippen molar-refractivity contribution in [2.45, 2.75) is 25.4 Å². The standard InChI is InChI=1S/C12H16BrNO4S/c1-18-9(12(16)17)7-14-11(15)4-2-3-8-5-6-10(13)19-8/h5-6,9H,2-4,7H2,1H3,(H,14,15)(H,16,17). The Kier molecular flexibility index (Phi) is 7.04. The fraction of sp³-hybridized carbons (Fsp3) is 0.500. The molecule has 0 bridgehead atoms. The van der Waals surface area contributed by atoms with Crippen molar-refractivity contribution in [2.24, 2.45) is 0 Å². The summed E-state index contributed by atoms with van der Waals surface area (Å²) in [6, 6.07) is 4.01. The van der Waals surface area contributed by atoms with Gasteiger partial charge in [0.15, 0.2) is 6.10 Å². The maximum atomic E-state index is 11.5. The van der Waals surface area contributed by atoms with Crippen LogP contribution in [0.25, 0.3) is 0 Å². The Morgan fingerprint density at radius 3 is 2.79 bits per heavy atom. The van der Waals surface area contributed by atoms with E-state index in [9.17, 15) is 9.59 Å². The minimum atomic E-state index is -1.08. The molecule has 1 atom stereocenters. The summed E-state index contributed by atoms with van der Waals surface area (Å²) in [6.07, 6.45) is 0.975. The number of hydrogen-bond donors (Lipinski definition) is 2. The molecule has 0 saturated heterocycles. The highest BCUT2D eigenvalue weighted by atomic mass is 79.9. The van der Waals surface area contributed by atoms with E-state index in [1.165, 1.54) is 12.0 Å². The van der Waals surface area contributed by atoms with E-state index < -0.39 is 12.1 Å². The number of aliphatic carboxylic acids is 1. The Morgan fingerprint density at radius 2 is 2.26 bits per heavy atom. The van der Waals surface area contributed by atoms with Gasteiger partial charge in [0.25, 0.3) is 0 Å². The Bertz CT molecular complexity index is 435. The average molecular weight is 350 g/mol. The van der Waals surface area contributed by atoms with Crippen LogP contribution in [0.3, 0.4) is 0 Å². The first-order chi connectivity index (χ1) is 9.02. The molecule has 0 aliphatic heterocycles. The Labute approximate surface area is 124 Å². The van der Waals surface area contributed by atoms with Crippen LogP contribution in [-0.2, 0) is 20.7 Å². The summed E-state index contributed by atoms with van der Waals surface area (Å²) in [6.45, 7) is -0.00475. The summed E-state index contributed by atoms with van der Waals surface area (Å²) in [4.78, 5) is 23.4. The summed E-state index contributed by atoms with van der Waals surface area (Å²) in [7, 11) is 1.31. The van der Waals surface area contributed by atoms with E-state index >= 15 is 0 Å². The molecule has 2 N–H and O–H groups in total. The van der Waals surface area contributed by atoms with E-state index in [0.29, 0.717) is 6.42 Å². The molecule has 1 aromatic rings. The zero-order valence-corrected chi connectivity index (χ0v) is 12.9. The molecule has 5 nitrogen and oxygen atoms in total. The second-order valence-electron chi connectivity index (χ2n) is 3.93. The Hall–Kier alpha value is -0.920. The third-order valence-electron chi connectivity index (χ3n) is 2.50. The van der Waals surface area contributed by atoms with Gasteiger partial charge >= 0.3 is 5.97 Å². The highest BCUT2D eigenvalue weighted by molar-refractivity contribution is 9.11. The molecule has 1 amide bonds. The second-order valence-corrected chi connectivity index (χ2v) is 6.47. The monoisotopic (exact) mass is 349 g/mol. The molecule has 1 aromatic heterocycles. The third kappa shape index (κ3) is 6.17. The predicted molar refractivity (Wildman–Crippen MR) is 76.4 cm³/mol. The quantitative estimate of drug-likeness (QED) is 0.753. The maximum Gasteiger partial charge on any atom is 0.334 e. The van der Waals surface area contributed by atoms with Crippen molar-refractivity contribution in [3.63, 3.8) is 0 Å². The SMILES string of the molecule is COC(CNC(=O)CCCc1ccc(Br)s1)C(=O)O. The third-order valence-corrected chi connectivity index (χ3v) is 4.18. The first kappa shape index (κ1) is 16.1. The Balaban J connectivity index is 2.19. The van der Waals surface area contributed by atoms with Crippen LogP contribution in [-0.4, -0.2) is 36.7 Å². The smallest absolute Gasteiger partial charge is 0.334 e. The molecule has 0 saturated carbocycles. The molecule has 0 radical (unpaired) electrons. The molecule has 106 valence electrons. The van der Waals surface area contributed by atoms with Gasteiger partial charge in [0.2, 0.25) is 5.91 Å². The molecular weight excluding hydrogens is 334 g/mol. The number of methoxy groups -OCH3 is 1. The number of carboxylic acids is 1. The van der Waals surface area contributed by atoms with Crippen LogP contribution in [0, 0.1) is 0 Å². The zero-order valence-electron chi connectivity index (χ0n) is 10.5. The predicted octanol–water partition coefficient (Wildman–Crippen LogP) is 2.05. The van der Waals surface area contributed by atoms with Crippen molar-refractivity contribution in [3.8, 4) is 0 Å². The maximum absolute atomic E-state index is 11.5. The molecule has 19 heavy (non-hydrogen) atoms. The highest BCUT2D eigenvalue weighted by Crippen LogP contribution is 2.23. The number of carbonyl (C=O) groups is 2. The van der Waals surface area contributed by atoms with E-state index in [1.807, 2.05) is 12.1 Å².